The third kappa shape index (κ3) is 4.29. The quantitative estimate of drug-likeness (QED) is 0.731. The first-order valence-electron chi connectivity index (χ1n) is 8.64. The standard InChI is InChI=1S/C18H27ClN2/c19-14-11-12-17(20-15-7-3-1-4-8-15)18(13-14)21-16-9-5-2-6-10-16/h11-13,15-16,20-21H,1-10H2. The molecule has 1 aromatic rings. The minimum atomic E-state index is 0.615. The predicted octanol–water partition coefficient (Wildman–Crippen LogP) is 5.83. The molecule has 0 atom stereocenters. The van der Waals surface area contributed by atoms with Crippen molar-refractivity contribution >= 4 is 23.0 Å². The molecule has 0 bridgehead atoms. The zero-order valence-electron chi connectivity index (χ0n) is 12.8. The molecule has 2 aliphatic carbocycles. The Labute approximate surface area is 133 Å². The Kier molecular flexibility index (Phi) is 5.29. The number of hydrogen-bond donors (Lipinski definition) is 2. The molecule has 3 heteroatoms. The number of benzene rings is 1. The third-order valence-electron chi connectivity index (χ3n) is 4.91. The van der Waals surface area contributed by atoms with Gasteiger partial charge in [-0.1, -0.05) is 50.1 Å². The van der Waals surface area contributed by atoms with E-state index < -0.39 is 0 Å². The van der Waals surface area contributed by atoms with Crippen LogP contribution in [-0.4, -0.2) is 12.1 Å². The van der Waals surface area contributed by atoms with Crippen LogP contribution in [0, 0.1) is 0 Å². The lowest BCUT2D eigenvalue weighted by Crippen LogP contribution is -2.25. The Bertz CT molecular complexity index is 449. The largest absolute Gasteiger partial charge is 0.381 e. The molecule has 2 fully saturated rings. The summed E-state index contributed by atoms with van der Waals surface area (Å²) in [6, 6.07) is 7.47. The van der Waals surface area contributed by atoms with Gasteiger partial charge < -0.3 is 10.6 Å². The molecule has 116 valence electrons. The number of nitrogens with one attached hydrogen (secondary N) is 2. The van der Waals surface area contributed by atoms with Crippen molar-refractivity contribution in [1.82, 2.24) is 0 Å². The van der Waals surface area contributed by atoms with E-state index in [0.717, 1.165) is 5.02 Å². The van der Waals surface area contributed by atoms with Crippen LogP contribution < -0.4 is 10.6 Å². The maximum Gasteiger partial charge on any atom is 0.0593 e. The van der Waals surface area contributed by atoms with Crippen molar-refractivity contribution in [1.29, 1.82) is 0 Å². The Morgan fingerprint density at radius 1 is 0.714 bits per heavy atom. The topological polar surface area (TPSA) is 24.1 Å². The molecule has 3 rings (SSSR count). The first-order valence-corrected chi connectivity index (χ1v) is 9.02. The summed E-state index contributed by atoms with van der Waals surface area (Å²) in [5.41, 5.74) is 2.43. The zero-order chi connectivity index (χ0) is 14.5. The monoisotopic (exact) mass is 306 g/mol. The van der Waals surface area contributed by atoms with Gasteiger partial charge in [-0.3, -0.25) is 0 Å². The first-order chi connectivity index (χ1) is 10.3. The average Bonchev–Trinajstić information content (AvgIpc) is 2.52. The highest BCUT2D eigenvalue weighted by Crippen LogP contribution is 2.31. The fourth-order valence-corrected chi connectivity index (χ4v) is 3.87. The molecular formula is C18H27ClN2. The van der Waals surface area contributed by atoms with E-state index in [1.54, 1.807) is 0 Å². The number of rotatable bonds is 4. The summed E-state index contributed by atoms with van der Waals surface area (Å²) in [7, 11) is 0. The van der Waals surface area contributed by atoms with Crippen molar-refractivity contribution in [3.05, 3.63) is 23.2 Å². The lowest BCUT2D eigenvalue weighted by Gasteiger charge is -2.28. The van der Waals surface area contributed by atoms with Crippen LogP contribution in [0.25, 0.3) is 0 Å². The SMILES string of the molecule is Clc1ccc(NC2CCCCC2)c(NC2CCCCC2)c1. The Hall–Kier alpha value is -0.890. The van der Waals surface area contributed by atoms with E-state index in [0.29, 0.717) is 12.1 Å². The molecule has 2 saturated carbocycles. The van der Waals surface area contributed by atoms with Crippen molar-refractivity contribution in [3.8, 4) is 0 Å². The smallest absolute Gasteiger partial charge is 0.0593 e. The third-order valence-corrected chi connectivity index (χ3v) is 5.15. The van der Waals surface area contributed by atoms with Gasteiger partial charge in [0.05, 0.1) is 11.4 Å². The summed E-state index contributed by atoms with van der Waals surface area (Å²) in [5.74, 6) is 0. The maximum absolute atomic E-state index is 6.21. The Morgan fingerprint density at radius 3 is 1.81 bits per heavy atom. The summed E-state index contributed by atoms with van der Waals surface area (Å²) < 4.78 is 0. The molecule has 2 nitrogen and oxygen atoms in total. The summed E-state index contributed by atoms with van der Waals surface area (Å²) in [6.07, 6.45) is 13.4. The van der Waals surface area contributed by atoms with Crippen LogP contribution in [0.4, 0.5) is 11.4 Å². The minimum Gasteiger partial charge on any atom is -0.381 e. The predicted molar refractivity (Wildman–Crippen MR) is 92.4 cm³/mol. The lowest BCUT2D eigenvalue weighted by atomic mass is 9.94. The molecule has 0 amide bonds. The molecule has 0 saturated heterocycles. The van der Waals surface area contributed by atoms with E-state index in [9.17, 15) is 0 Å². The van der Waals surface area contributed by atoms with Crippen molar-refractivity contribution in [2.24, 2.45) is 0 Å². The highest BCUT2D eigenvalue weighted by atomic mass is 35.5. The minimum absolute atomic E-state index is 0.615. The van der Waals surface area contributed by atoms with Crippen LogP contribution in [0.2, 0.25) is 5.02 Å². The van der Waals surface area contributed by atoms with Crippen LogP contribution in [0.1, 0.15) is 64.2 Å². The van der Waals surface area contributed by atoms with Gasteiger partial charge in [-0.2, -0.15) is 0 Å². The summed E-state index contributed by atoms with van der Waals surface area (Å²) >= 11 is 6.21. The summed E-state index contributed by atoms with van der Waals surface area (Å²) in [6.45, 7) is 0. The van der Waals surface area contributed by atoms with Gasteiger partial charge in [0.25, 0.3) is 0 Å². The van der Waals surface area contributed by atoms with Crippen molar-refractivity contribution in [2.75, 3.05) is 10.6 Å². The van der Waals surface area contributed by atoms with Gasteiger partial charge in [0, 0.05) is 17.1 Å². The van der Waals surface area contributed by atoms with Crippen molar-refractivity contribution in [2.45, 2.75) is 76.3 Å². The van der Waals surface area contributed by atoms with E-state index in [1.165, 1.54) is 75.6 Å². The number of anilines is 2. The van der Waals surface area contributed by atoms with E-state index in [-0.39, 0.29) is 0 Å². The molecule has 21 heavy (non-hydrogen) atoms. The second kappa shape index (κ2) is 7.40. The zero-order valence-corrected chi connectivity index (χ0v) is 13.6. The summed E-state index contributed by atoms with van der Waals surface area (Å²) in [4.78, 5) is 0. The second-order valence-corrected chi connectivity index (χ2v) is 7.08. The maximum atomic E-state index is 6.21. The Balaban J connectivity index is 1.69. The van der Waals surface area contributed by atoms with Gasteiger partial charge in [-0.25, -0.2) is 0 Å². The average molecular weight is 307 g/mol. The number of hydrogen-bond acceptors (Lipinski definition) is 2. The van der Waals surface area contributed by atoms with Crippen LogP contribution >= 0.6 is 11.6 Å². The molecule has 0 unspecified atom stereocenters. The van der Waals surface area contributed by atoms with E-state index in [1.807, 2.05) is 6.07 Å². The summed E-state index contributed by atoms with van der Waals surface area (Å²) in [5, 5.41) is 8.30. The molecule has 2 aliphatic rings. The molecule has 0 heterocycles. The van der Waals surface area contributed by atoms with Crippen LogP contribution in [0.3, 0.4) is 0 Å². The van der Waals surface area contributed by atoms with Gasteiger partial charge in [0.1, 0.15) is 0 Å². The van der Waals surface area contributed by atoms with Gasteiger partial charge in [-0.15, -0.1) is 0 Å². The second-order valence-electron chi connectivity index (χ2n) is 6.65. The van der Waals surface area contributed by atoms with E-state index in [4.69, 9.17) is 11.6 Å². The lowest BCUT2D eigenvalue weighted by molar-refractivity contribution is 0.460. The highest BCUT2D eigenvalue weighted by molar-refractivity contribution is 6.31. The molecule has 0 aliphatic heterocycles. The fourth-order valence-electron chi connectivity index (χ4n) is 3.70. The fraction of sp³-hybridized carbons (Fsp3) is 0.667. The molecule has 2 N–H and O–H groups in total. The van der Waals surface area contributed by atoms with Gasteiger partial charge >= 0.3 is 0 Å². The van der Waals surface area contributed by atoms with Crippen LogP contribution in [0.15, 0.2) is 18.2 Å². The van der Waals surface area contributed by atoms with Gasteiger partial charge in [0.2, 0.25) is 0 Å². The van der Waals surface area contributed by atoms with Crippen molar-refractivity contribution in [3.63, 3.8) is 0 Å². The van der Waals surface area contributed by atoms with Gasteiger partial charge in [-0.05, 0) is 43.9 Å². The molecule has 0 radical (unpaired) electrons. The number of halogens is 1. The highest BCUT2D eigenvalue weighted by Gasteiger charge is 2.17. The van der Waals surface area contributed by atoms with Crippen molar-refractivity contribution < 1.29 is 0 Å². The van der Waals surface area contributed by atoms with Gasteiger partial charge in [0.15, 0.2) is 0 Å². The molecule has 0 aromatic heterocycles. The molecular weight excluding hydrogens is 280 g/mol. The van der Waals surface area contributed by atoms with Crippen LogP contribution in [-0.2, 0) is 0 Å². The Morgan fingerprint density at radius 2 is 1.24 bits per heavy atom. The van der Waals surface area contributed by atoms with E-state index in [2.05, 4.69) is 22.8 Å². The molecule has 1 aromatic carbocycles. The molecule has 0 spiro atoms. The first kappa shape index (κ1) is 15.0. The van der Waals surface area contributed by atoms with Crippen LogP contribution in [0.5, 0.6) is 0 Å². The normalized spacial score (nSPS) is 21.2. The van der Waals surface area contributed by atoms with E-state index >= 15 is 0 Å².